The van der Waals surface area contributed by atoms with Crippen molar-refractivity contribution in [2.75, 3.05) is 0 Å². The van der Waals surface area contributed by atoms with Gasteiger partial charge in [0.2, 0.25) is 0 Å². The Labute approximate surface area is 96.8 Å². The molecule has 15 heavy (non-hydrogen) atoms. The summed E-state index contributed by atoms with van der Waals surface area (Å²) in [5.74, 6) is 0. The van der Waals surface area contributed by atoms with Crippen molar-refractivity contribution in [2.24, 2.45) is 11.5 Å². The molecule has 92 valence electrons. The molecule has 0 heterocycles. The molecule has 0 aromatic rings. The van der Waals surface area contributed by atoms with Gasteiger partial charge in [0, 0.05) is 11.3 Å². The molecule has 0 saturated heterocycles. The predicted octanol–water partition coefficient (Wildman–Crippen LogP) is 1.97. The molecule has 0 bridgehead atoms. The smallest absolute Gasteiger partial charge is 0.195 e. The second-order valence-corrected chi connectivity index (χ2v) is 14.4. The van der Waals surface area contributed by atoms with Gasteiger partial charge in [-0.15, -0.1) is 0 Å². The summed E-state index contributed by atoms with van der Waals surface area (Å²) in [6.07, 6.45) is 0. The lowest BCUT2D eigenvalue weighted by atomic mass is 10.8. The highest BCUT2D eigenvalue weighted by molar-refractivity contribution is 6.87. The van der Waals surface area contributed by atoms with Crippen LogP contribution in [0.1, 0.15) is 27.7 Å². The highest BCUT2D eigenvalue weighted by Crippen LogP contribution is 2.25. The fraction of sp³-hybridized carbons (Fsp3) is 1.00. The monoisotopic (exact) mass is 248 g/mol. The molecule has 0 aliphatic heterocycles. The van der Waals surface area contributed by atoms with Crippen LogP contribution in [0.2, 0.25) is 25.2 Å². The fourth-order valence-corrected chi connectivity index (χ4v) is 10.4. The molecule has 3 nitrogen and oxygen atoms in total. The number of rotatable bonds is 6. The molecule has 0 aliphatic carbocycles. The molecule has 2 unspecified atom stereocenters. The molecule has 0 fully saturated rings. The van der Waals surface area contributed by atoms with E-state index >= 15 is 0 Å². The summed E-state index contributed by atoms with van der Waals surface area (Å²) in [6.45, 7) is 12.9. The molecule has 0 rings (SSSR count). The van der Waals surface area contributed by atoms with E-state index in [0.717, 1.165) is 12.1 Å². The summed E-state index contributed by atoms with van der Waals surface area (Å²) in [5.41, 5.74) is 12.5. The average molecular weight is 249 g/mol. The van der Waals surface area contributed by atoms with Crippen LogP contribution < -0.4 is 11.5 Å². The van der Waals surface area contributed by atoms with E-state index in [9.17, 15) is 0 Å². The van der Waals surface area contributed by atoms with Gasteiger partial charge >= 0.3 is 0 Å². The quantitative estimate of drug-likeness (QED) is 0.707. The van der Waals surface area contributed by atoms with Gasteiger partial charge in [-0.1, -0.05) is 27.7 Å². The van der Waals surface area contributed by atoms with Crippen molar-refractivity contribution < 1.29 is 4.12 Å². The van der Waals surface area contributed by atoms with Crippen LogP contribution in [0.15, 0.2) is 0 Å². The van der Waals surface area contributed by atoms with Crippen LogP contribution in [-0.2, 0) is 4.12 Å². The van der Waals surface area contributed by atoms with Crippen LogP contribution in [0.4, 0.5) is 0 Å². The molecule has 2 atom stereocenters. The maximum Gasteiger partial charge on any atom is 0.195 e. The molecular weight excluding hydrogens is 220 g/mol. The largest absolute Gasteiger partial charge is 0.453 e. The lowest BCUT2D eigenvalue weighted by Crippen LogP contribution is -2.62. The van der Waals surface area contributed by atoms with Crippen LogP contribution in [0.25, 0.3) is 0 Å². The van der Waals surface area contributed by atoms with Crippen LogP contribution in [-0.4, -0.2) is 28.0 Å². The highest BCUT2D eigenvalue weighted by Gasteiger charge is 2.42. The Morgan fingerprint density at radius 1 is 1.00 bits per heavy atom. The van der Waals surface area contributed by atoms with Gasteiger partial charge in [-0.3, -0.25) is 0 Å². The summed E-state index contributed by atoms with van der Waals surface area (Å²) in [5, 5.41) is 0. The van der Waals surface area contributed by atoms with Gasteiger partial charge in [0.05, 0.1) is 0 Å². The summed E-state index contributed by atoms with van der Waals surface area (Å²) < 4.78 is 6.47. The third kappa shape index (κ3) is 3.67. The lowest BCUT2D eigenvalue weighted by molar-refractivity contribution is 0.492. The maximum atomic E-state index is 6.47. The Morgan fingerprint density at radius 2 is 1.40 bits per heavy atom. The first kappa shape index (κ1) is 15.3. The molecule has 0 spiro atoms. The lowest BCUT2D eigenvalue weighted by Gasteiger charge is -2.42. The maximum absolute atomic E-state index is 6.47. The van der Waals surface area contributed by atoms with Crippen molar-refractivity contribution in [3.05, 3.63) is 0 Å². The van der Waals surface area contributed by atoms with Gasteiger partial charge in [-0.25, -0.2) is 0 Å². The SMILES string of the molecule is CC[Si](CC)(O[Si](C)(C)C(C)N)C(C)N. The average Bonchev–Trinajstić information content (AvgIpc) is 2.13. The van der Waals surface area contributed by atoms with Gasteiger partial charge < -0.3 is 15.6 Å². The standard InChI is InChI=1S/C10H28N2OSi2/c1-7-15(8-2,10(4)12)13-14(5,6)9(3)11/h9-10H,7-8,11-12H2,1-6H3. The van der Waals surface area contributed by atoms with Crippen molar-refractivity contribution in [2.45, 2.75) is 64.2 Å². The molecule has 0 aromatic heterocycles. The minimum atomic E-state index is -1.76. The summed E-state index contributed by atoms with van der Waals surface area (Å²) in [4.78, 5) is 0. The summed E-state index contributed by atoms with van der Waals surface area (Å²) in [7, 11) is -3.52. The first-order chi connectivity index (χ1) is 6.72. The Bertz CT molecular complexity index is 192. The Balaban J connectivity index is 4.83. The van der Waals surface area contributed by atoms with Crippen molar-refractivity contribution in [3.63, 3.8) is 0 Å². The van der Waals surface area contributed by atoms with E-state index in [2.05, 4.69) is 40.8 Å². The molecule has 0 radical (unpaired) electrons. The Morgan fingerprint density at radius 3 is 1.60 bits per heavy atom. The first-order valence-corrected chi connectivity index (χ1v) is 11.3. The molecule has 0 amide bonds. The zero-order valence-corrected chi connectivity index (χ0v) is 13.1. The second-order valence-electron chi connectivity index (χ2n) is 5.05. The van der Waals surface area contributed by atoms with E-state index in [1.165, 1.54) is 0 Å². The van der Waals surface area contributed by atoms with Crippen LogP contribution in [0, 0.1) is 0 Å². The second kappa shape index (κ2) is 5.59. The van der Waals surface area contributed by atoms with Crippen LogP contribution in [0.5, 0.6) is 0 Å². The van der Waals surface area contributed by atoms with E-state index in [1.807, 2.05) is 0 Å². The van der Waals surface area contributed by atoms with Crippen LogP contribution in [0.3, 0.4) is 0 Å². The van der Waals surface area contributed by atoms with Gasteiger partial charge in [0.1, 0.15) is 0 Å². The molecule has 5 heteroatoms. The van der Waals surface area contributed by atoms with E-state index in [1.54, 1.807) is 0 Å². The van der Waals surface area contributed by atoms with Crippen LogP contribution >= 0.6 is 0 Å². The van der Waals surface area contributed by atoms with Crippen molar-refractivity contribution in [1.82, 2.24) is 0 Å². The third-order valence-corrected chi connectivity index (χ3v) is 13.6. The van der Waals surface area contributed by atoms with Gasteiger partial charge in [0.25, 0.3) is 0 Å². The molecule has 0 aliphatic rings. The normalized spacial score (nSPS) is 17.6. The zero-order chi connectivity index (χ0) is 12.3. The first-order valence-electron chi connectivity index (χ1n) is 5.93. The molecule has 0 aromatic carbocycles. The van der Waals surface area contributed by atoms with E-state index < -0.39 is 16.6 Å². The topological polar surface area (TPSA) is 61.3 Å². The molecule has 4 N–H and O–H groups in total. The Hall–Kier alpha value is 0.314. The molecule has 0 saturated carbocycles. The predicted molar refractivity (Wildman–Crippen MR) is 72.6 cm³/mol. The number of hydrogen-bond donors (Lipinski definition) is 2. The summed E-state index contributed by atoms with van der Waals surface area (Å²) in [6, 6.07) is 2.18. The minimum Gasteiger partial charge on any atom is -0.453 e. The van der Waals surface area contributed by atoms with Crippen molar-refractivity contribution in [3.8, 4) is 0 Å². The van der Waals surface area contributed by atoms with E-state index in [0.29, 0.717) is 0 Å². The van der Waals surface area contributed by atoms with Crippen molar-refractivity contribution in [1.29, 1.82) is 0 Å². The zero-order valence-electron chi connectivity index (χ0n) is 11.1. The fourth-order valence-electron chi connectivity index (χ4n) is 1.75. The Kier molecular flexibility index (Phi) is 5.70. The molecular formula is C10H28N2OSi2. The number of nitrogens with two attached hydrogens (primary N) is 2. The third-order valence-electron chi connectivity index (χ3n) is 3.59. The van der Waals surface area contributed by atoms with Gasteiger partial charge in [0.15, 0.2) is 16.6 Å². The minimum absolute atomic E-state index is 0.168. The summed E-state index contributed by atoms with van der Waals surface area (Å²) >= 11 is 0. The van der Waals surface area contributed by atoms with Gasteiger partial charge in [-0.05, 0) is 25.2 Å². The number of hydrogen-bond acceptors (Lipinski definition) is 3. The van der Waals surface area contributed by atoms with E-state index in [4.69, 9.17) is 15.6 Å². The van der Waals surface area contributed by atoms with Gasteiger partial charge in [-0.2, -0.15) is 0 Å². The highest BCUT2D eigenvalue weighted by atomic mass is 28.4. The van der Waals surface area contributed by atoms with E-state index in [-0.39, 0.29) is 11.3 Å². The van der Waals surface area contributed by atoms with Crippen molar-refractivity contribution >= 4 is 16.6 Å².